The summed E-state index contributed by atoms with van der Waals surface area (Å²) in [6.07, 6.45) is 10.7. The van der Waals surface area contributed by atoms with E-state index in [9.17, 15) is 0 Å². The summed E-state index contributed by atoms with van der Waals surface area (Å²) in [4.78, 5) is 0. The highest BCUT2D eigenvalue weighted by molar-refractivity contribution is 4.66. The molecule has 0 radical (unpaired) electrons. The van der Waals surface area contributed by atoms with Gasteiger partial charge in [0.2, 0.25) is 0 Å². The third kappa shape index (κ3) is 7.20. The molecule has 1 aliphatic rings. The Bertz CT molecular complexity index is 147. The van der Waals surface area contributed by atoms with Gasteiger partial charge in [-0.15, -0.1) is 0 Å². The van der Waals surface area contributed by atoms with E-state index in [0.29, 0.717) is 6.10 Å². The summed E-state index contributed by atoms with van der Waals surface area (Å²) in [5, 5.41) is 3.50. The highest BCUT2D eigenvalue weighted by atomic mass is 16.5. The second kappa shape index (κ2) is 10.1. The van der Waals surface area contributed by atoms with Gasteiger partial charge in [-0.25, -0.2) is 0 Å². The molecule has 16 heavy (non-hydrogen) atoms. The zero-order valence-electron chi connectivity index (χ0n) is 10.5. The number of rotatable bonds is 9. The molecular formula is C13H28N2O. The van der Waals surface area contributed by atoms with Crippen LogP contribution in [0, 0.1) is 0 Å². The van der Waals surface area contributed by atoms with E-state index in [4.69, 9.17) is 10.5 Å². The van der Waals surface area contributed by atoms with E-state index in [1.165, 1.54) is 51.4 Å². The third-order valence-electron chi connectivity index (χ3n) is 3.20. The van der Waals surface area contributed by atoms with Crippen molar-refractivity contribution < 1.29 is 4.74 Å². The molecule has 1 unspecified atom stereocenters. The SMILES string of the molecule is NCCCCCCCNCC1CCCCO1. The van der Waals surface area contributed by atoms with Crippen LogP contribution in [0.2, 0.25) is 0 Å². The third-order valence-corrected chi connectivity index (χ3v) is 3.20. The van der Waals surface area contributed by atoms with Crippen LogP contribution in [0.4, 0.5) is 0 Å². The molecule has 96 valence electrons. The van der Waals surface area contributed by atoms with Crippen molar-refractivity contribution in [2.24, 2.45) is 5.73 Å². The Morgan fingerprint density at radius 3 is 2.62 bits per heavy atom. The number of unbranched alkanes of at least 4 members (excludes halogenated alkanes) is 4. The average molecular weight is 228 g/mol. The molecule has 3 N–H and O–H groups in total. The van der Waals surface area contributed by atoms with E-state index in [-0.39, 0.29) is 0 Å². The molecule has 0 aliphatic carbocycles. The number of nitrogens with two attached hydrogens (primary N) is 1. The van der Waals surface area contributed by atoms with Crippen LogP contribution in [-0.4, -0.2) is 32.3 Å². The molecule has 0 bridgehead atoms. The van der Waals surface area contributed by atoms with Gasteiger partial charge in [0.1, 0.15) is 0 Å². The molecule has 1 atom stereocenters. The molecule has 0 aromatic heterocycles. The van der Waals surface area contributed by atoms with Crippen molar-refractivity contribution >= 4 is 0 Å². The Kier molecular flexibility index (Phi) is 8.77. The number of hydrogen-bond donors (Lipinski definition) is 2. The van der Waals surface area contributed by atoms with Crippen LogP contribution in [0.25, 0.3) is 0 Å². The molecular weight excluding hydrogens is 200 g/mol. The maximum atomic E-state index is 5.66. The summed E-state index contributed by atoms with van der Waals surface area (Å²) >= 11 is 0. The molecule has 0 aromatic rings. The van der Waals surface area contributed by atoms with Crippen molar-refractivity contribution in [2.45, 2.75) is 57.5 Å². The fourth-order valence-electron chi connectivity index (χ4n) is 2.16. The van der Waals surface area contributed by atoms with Gasteiger partial charge >= 0.3 is 0 Å². The summed E-state index contributed by atoms with van der Waals surface area (Å²) in [5.74, 6) is 0. The highest BCUT2D eigenvalue weighted by Crippen LogP contribution is 2.11. The number of nitrogens with one attached hydrogen (secondary N) is 1. The predicted molar refractivity (Wildman–Crippen MR) is 68.6 cm³/mol. The highest BCUT2D eigenvalue weighted by Gasteiger charge is 2.12. The smallest absolute Gasteiger partial charge is 0.0699 e. The van der Waals surface area contributed by atoms with Gasteiger partial charge in [0.05, 0.1) is 6.10 Å². The first-order chi connectivity index (χ1) is 7.93. The first kappa shape index (κ1) is 13.9. The zero-order chi connectivity index (χ0) is 11.5. The van der Waals surface area contributed by atoms with Crippen LogP contribution in [-0.2, 0) is 4.74 Å². The van der Waals surface area contributed by atoms with Crippen LogP contribution < -0.4 is 11.1 Å². The van der Waals surface area contributed by atoms with Crippen LogP contribution in [0.1, 0.15) is 51.4 Å². The lowest BCUT2D eigenvalue weighted by Crippen LogP contribution is -2.32. The van der Waals surface area contributed by atoms with Gasteiger partial charge in [0.15, 0.2) is 0 Å². The first-order valence-electron chi connectivity index (χ1n) is 6.96. The van der Waals surface area contributed by atoms with Crippen LogP contribution in [0.3, 0.4) is 0 Å². The van der Waals surface area contributed by atoms with Gasteiger partial charge in [-0.05, 0) is 45.2 Å². The lowest BCUT2D eigenvalue weighted by molar-refractivity contribution is 0.0170. The zero-order valence-corrected chi connectivity index (χ0v) is 10.5. The van der Waals surface area contributed by atoms with E-state index in [0.717, 1.165) is 26.2 Å². The van der Waals surface area contributed by atoms with Crippen LogP contribution in [0.15, 0.2) is 0 Å². The van der Waals surface area contributed by atoms with Crippen molar-refractivity contribution in [1.29, 1.82) is 0 Å². The Morgan fingerprint density at radius 1 is 1.06 bits per heavy atom. The van der Waals surface area contributed by atoms with Gasteiger partial charge < -0.3 is 15.8 Å². The molecule has 1 saturated heterocycles. The second-order valence-corrected chi connectivity index (χ2v) is 4.75. The second-order valence-electron chi connectivity index (χ2n) is 4.75. The summed E-state index contributed by atoms with van der Waals surface area (Å²) in [5.41, 5.74) is 5.45. The lowest BCUT2D eigenvalue weighted by atomic mass is 10.1. The van der Waals surface area contributed by atoms with E-state index in [1.807, 2.05) is 0 Å². The van der Waals surface area contributed by atoms with E-state index in [2.05, 4.69) is 5.32 Å². The quantitative estimate of drug-likeness (QED) is 0.594. The Labute approximate surface area is 100 Å². The lowest BCUT2D eigenvalue weighted by Gasteiger charge is -2.22. The van der Waals surface area contributed by atoms with Gasteiger partial charge in [0, 0.05) is 13.2 Å². The van der Waals surface area contributed by atoms with Gasteiger partial charge in [-0.3, -0.25) is 0 Å². The van der Waals surface area contributed by atoms with Gasteiger partial charge in [-0.2, -0.15) is 0 Å². The maximum absolute atomic E-state index is 5.66. The molecule has 0 aromatic carbocycles. The largest absolute Gasteiger partial charge is 0.377 e. The summed E-state index contributed by atoms with van der Waals surface area (Å²) in [6.45, 7) is 3.99. The van der Waals surface area contributed by atoms with Crippen molar-refractivity contribution in [2.75, 3.05) is 26.2 Å². The average Bonchev–Trinajstić information content (AvgIpc) is 2.34. The summed E-state index contributed by atoms with van der Waals surface area (Å²) < 4.78 is 5.66. The molecule has 0 spiro atoms. The minimum atomic E-state index is 0.478. The summed E-state index contributed by atoms with van der Waals surface area (Å²) in [7, 11) is 0. The maximum Gasteiger partial charge on any atom is 0.0699 e. The molecule has 0 amide bonds. The van der Waals surface area contributed by atoms with Crippen molar-refractivity contribution in [3.05, 3.63) is 0 Å². The van der Waals surface area contributed by atoms with Crippen molar-refractivity contribution in [3.63, 3.8) is 0 Å². The Balaban J connectivity index is 1.77. The molecule has 1 heterocycles. The molecule has 0 saturated carbocycles. The van der Waals surface area contributed by atoms with E-state index < -0.39 is 0 Å². The standard InChI is InChI=1S/C13H28N2O/c14-9-5-2-1-3-6-10-15-12-13-8-4-7-11-16-13/h13,15H,1-12,14H2. The minimum absolute atomic E-state index is 0.478. The van der Waals surface area contributed by atoms with Crippen molar-refractivity contribution in [3.8, 4) is 0 Å². The molecule has 3 nitrogen and oxygen atoms in total. The van der Waals surface area contributed by atoms with Crippen LogP contribution in [0.5, 0.6) is 0 Å². The summed E-state index contributed by atoms with van der Waals surface area (Å²) in [6, 6.07) is 0. The molecule has 1 fully saturated rings. The van der Waals surface area contributed by atoms with E-state index in [1.54, 1.807) is 0 Å². The first-order valence-corrected chi connectivity index (χ1v) is 6.96. The molecule has 1 rings (SSSR count). The Hall–Kier alpha value is -0.120. The number of ether oxygens (including phenoxy) is 1. The molecule has 1 aliphatic heterocycles. The van der Waals surface area contributed by atoms with Crippen LogP contribution >= 0.6 is 0 Å². The predicted octanol–water partition coefficient (Wildman–Crippen LogP) is 2.05. The monoisotopic (exact) mass is 228 g/mol. The fraction of sp³-hybridized carbons (Fsp3) is 1.00. The minimum Gasteiger partial charge on any atom is -0.377 e. The van der Waals surface area contributed by atoms with Crippen molar-refractivity contribution in [1.82, 2.24) is 5.32 Å². The van der Waals surface area contributed by atoms with E-state index >= 15 is 0 Å². The number of hydrogen-bond acceptors (Lipinski definition) is 3. The van der Waals surface area contributed by atoms with Gasteiger partial charge in [-0.1, -0.05) is 19.3 Å². The fourth-order valence-corrected chi connectivity index (χ4v) is 2.16. The topological polar surface area (TPSA) is 47.3 Å². The Morgan fingerprint density at radius 2 is 1.88 bits per heavy atom. The van der Waals surface area contributed by atoms with Gasteiger partial charge in [0.25, 0.3) is 0 Å². The normalized spacial score (nSPS) is 21.2. The molecule has 3 heteroatoms.